The van der Waals surface area contributed by atoms with Crippen LogP contribution < -0.4 is 10.2 Å². The molecule has 1 aromatic rings. The number of hydrogen-bond donors (Lipinski definition) is 1. The summed E-state index contributed by atoms with van der Waals surface area (Å²) >= 11 is 0. The van der Waals surface area contributed by atoms with Crippen molar-refractivity contribution in [2.75, 3.05) is 11.4 Å². The van der Waals surface area contributed by atoms with Crippen LogP contribution in [0.1, 0.15) is 25.8 Å². The van der Waals surface area contributed by atoms with Gasteiger partial charge in [0.1, 0.15) is 0 Å². The van der Waals surface area contributed by atoms with Crippen molar-refractivity contribution in [2.24, 2.45) is 5.92 Å². The van der Waals surface area contributed by atoms with Gasteiger partial charge in [0, 0.05) is 24.7 Å². The number of nitrogens with zero attached hydrogens (tertiary/aromatic N) is 1. The molecule has 0 saturated carbocycles. The second-order valence-electron chi connectivity index (χ2n) is 5.36. The number of rotatable bonds is 3. The van der Waals surface area contributed by atoms with Crippen molar-refractivity contribution in [2.45, 2.75) is 33.2 Å². The summed E-state index contributed by atoms with van der Waals surface area (Å²) in [6, 6.07) is 7.87. The van der Waals surface area contributed by atoms with Gasteiger partial charge in [-0.2, -0.15) is 0 Å². The largest absolute Gasteiger partial charge is 0.354 e. The van der Waals surface area contributed by atoms with Crippen LogP contribution in [0.25, 0.3) is 0 Å². The first-order chi connectivity index (χ1) is 8.99. The smallest absolute Gasteiger partial charge is 0.227 e. The Kier molecular flexibility index (Phi) is 3.88. The number of carbonyl (C=O) groups is 2. The number of hydrogen-bond acceptors (Lipinski definition) is 2. The van der Waals surface area contributed by atoms with Crippen LogP contribution >= 0.6 is 0 Å². The van der Waals surface area contributed by atoms with E-state index in [1.54, 1.807) is 4.90 Å². The van der Waals surface area contributed by atoms with E-state index < -0.39 is 0 Å². The average Bonchev–Trinajstić information content (AvgIpc) is 2.71. The molecule has 0 spiro atoms. The van der Waals surface area contributed by atoms with E-state index in [0.29, 0.717) is 13.0 Å². The second kappa shape index (κ2) is 5.43. The maximum atomic E-state index is 12.1. The summed E-state index contributed by atoms with van der Waals surface area (Å²) in [6.07, 6.45) is 0.298. The molecule has 0 radical (unpaired) electrons. The van der Waals surface area contributed by atoms with E-state index in [4.69, 9.17) is 0 Å². The topological polar surface area (TPSA) is 49.4 Å². The number of para-hydroxylation sites is 1. The Labute approximate surface area is 113 Å². The molecule has 1 fully saturated rings. The first kappa shape index (κ1) is 13.6. The number of nitrogens with one attached hydrogen (secondary N) is 1. The predicted molar refractivity (Wildman–Crippen MR) is 74.9 cm³/mol. The average molecular weight is 260 g/mol. The summed E-state index contributed by atoms with van der Waals surface area (Å²) in [7, 11) is 0. The summed E-state index contributed by atoms with van der Waals surface area (Å²) in [4.78, 5) is 25.8. The van der Waals surface area contributed by atoms with E-state index in [1.807, 2.05) is 45.0 Å². The fraction of sp³-hybridized carbons (Fsp3) is 0.467. The standard InChI is InChI=1S/C15H20N2O2/c1-10(2)16-15(19)12-8-14(18)17(9-12)13-7-5-4-6-11(13)3/h4-7,10,12H,8-9H2,1-3H3,(H,16,19)/t12-/m0/s1. The molecule has 4 heteroatoms. The fourth-order valence-corrected chi connectivity index (χ4v) is 2.38. The second-order valence-corrected chi connectivity index (χ2v) is 5.36. The SMILES string of the molecule is Cc1ccccc1N1C[C@@H](C(=O)NC(C)C)CC1=O. The zero-order valence-electron chi connectivity index (χ0n) is 11.6. The number of aryl methyl sites for hydroxylation is 1. The van der Waals surface area contributed by atoms with Gasteiger partial charge in [-0.1, -0.05) is 18.2 Å². The van der Waals surface area contributed by atoms with Crippen molar-refractivity contribution in [1.29, 1.82) is 0 Å². The zero-order valence-corrected chi connectivity index (χ0v) is 11.6. The molecule has 1 saturated heterocycles. The summed E-state index contributed by atoms with van der Waals surface area (Å²) in [6.45, 7) is 6.30. The molecule has 0 aromatic heterocycles. The van der Waals surface area contributed by atoms with Gasteiger partial charge in [-0.05, 0) is 32.4 Å². The van der Waals surface area contributed by atoms with Crippen LogP contribution in [0.3, 0.4) is 0 Å². The minimum Gasteiger partial charge on any atom is -0.354 e. The molecule has 2 rings (SSSR count). The van der Waals surface area contributed by atoms with Gasteiger partial charge in [-0.3, -0.25) is 9.59 Å². The highest BCUT2D eigenvalue weighted by atomic mass is 16.2. The molecule has 1 aliphatic heterocycles. The molecule has 2 amide bonds. The first-order valence-electron chi connectivity index (χ1n) is 6.65. The Bertz CT molecular complexity index is 497. The van der Waals surface area contributed by atoms with Crippen molar-refractivity contribution in [1.82, 2.24) is 5.32 Å². The Morgan fingerprint density at radius 1 is 1.37 bits per heavy atom. The van der Waals surface area contributed by atoms with Gasteiger partial charge in [-0.25, -0.2) is 0 Å². The molecule has 1 heterocycles. The van der Waals surface area contributed by atoms with Crippen molar-refractivity contribution in [3.8, 4) is 0 Å². The Morgan fingerprint density at radius 2 is 2.05 bits per heavy atom. The highest BCUT2D eigenvalue weighted by molar-refractivity contribution is 6.00. The lowest BCUT2D eigenvalue weighted by Crippen LogP contribution is -2.37. The van der Waals surface area contributed by atoms with Gasteiger partial charge in [0.25, 0.3) is 0 Å². The maximum absolute atomic E-state index is 12.1. The summed E-state index contributed by atoms with van der Waals surface area (Å²) in [5.41, 5.74) is 1.97. The lowest BCUT2D eigenvalue weighted by atomic mass is 10.1. The Balaban J connectivity index is 2.12. The third kappa shape index (κ3) is 2.95. The van der Waals surface area contributed by atoms with Gasteiger partial charge in [0.15, 0.2) is 0 Å². The first-order valence-corrected chi connectivity index (χ1v) is 6.65. The van der Waals surface area contributed by atoms with E-state index in [9.17, 15) is 9.59 Å². The third-order valence-electron chi connectivity index (χ3n) is 3.33. The van der Waals surface area contributed by atoms with Crippen molar-refractivity contribution >= 4 is 17.5 Å². The molecule has 0 bridgehead atoms. The van der Waals surface area contributed by atoms with Crippen LogP contribution in [0, 0.1) is 12.8 Å². The summed E-state index contributed by atoms with van der Waals surface area (Å²) in [5.74, 6) is -0.243. The molecule has 1 atom stereocenters. The van der Waals surface area contributed by atoms with Crippen LogP contribution in [0.2, 0.25) is 0 Å². The predicted octanol–water partition coefficient (Wildman–Crippen LogP) is 1.87. The van der Waals surface area contributed by atoms with E-state index in [-0.39, 0.29) is 23.8 Å². The molecule has 19 heavy (non-hydrogen) atoms. The van der Waals surface area contributed by atoms with Crippen LogP contribution in [0.4, 0.5) is 5.69 Å². The molecule has 4 nitrogen and oxygen atoms in total. The fourth-order valence-electron chi connectivity index (χ4n) is 2.38. The lowest BCUT2D eigenvalue weighted by molar-refractivity contribution is -0.126. The molecule has 1 aliphatic rings. The monoisotopic (exact) mass is 260 g/mol. The highest BCUT2D eigenvalue weighted by Crippen LogP contribution is 2.27. The molecule has 0 unspecified atom stereocenters. The summed E-state index contributed by atoms with van der Waals surface area (Å²) in [5, 5.41) is 2.87. The molecule has 102 valence electrons. The Morgan fingerprint density at radius 3 is 2.68 bits per heavy atom. The zero-order chi connectivity index (χ0) is 14.0. The van der Waals surface area contributed by atoms with E-state index in [0.717, 1.165) is 11.3 Å². The molecular weight excluding hydrogens is 240 g/mol. The number of amides is 2. The van der Waals surface area contributed by atoms with Crippen LogP contribution in [-0.4, -0.2) is 24.4 Å². The van der Waals surface area contributed by atoms with E-state index >= 15 is 0 Å². The van der Waals surface area contributed by atoms with E-state index in [1.165, 1.54) is 0 Å². The minimum atomic E-state index is -0.241. The van der Waals surface area contributed by atoms with Gasteiger partial charge in [0.2, 0.25) is 11.8 Å². The van der Waals surface area contributed by atoms with Crippen LogP contribution in [-0.2, 0) is 9.59 Å². The van der Waals surface area contributed by atoms with Crippen LogP contribution in [0.15, 0.2) is 24.3 Å². The lowest BCUT2D eigenvalue weighted by Gasteiger charge is -2.19. The third-order valence-corrected chi connectivity index (χ3v) is 3.33. The number of carbonyl (C=O) groups excluding carboxylic acids is 2. The number of benzene rings is 1. The Hall–Kier alpha value is -1.84. The van der Waals surface area contributed by atoms with E-state index in [2.05, 4.69) is 5.32 Å². The quantitative estimate of drug-likeness (QED) is 0.902. The van der Waals surface area contributed by atoms with Gasteiger partial charge in [0.05, 0.1) is 5.92 Å². The van der Waals surface area contributed by atoms with Crippen molar-refractivity contribution < 1.29 is 9.59 Å². The molecule has 1 N–H and O–H groups in total. The van der Waals surface area contributed by atoms with Gasteiger partial charge >= 0.3 is 0 Å². The maximum Gasteiger partial charge on any atom is 0.227 e. The van der Waals surface area contributed by atoms with Gasteiger partial charge in [-0.15, -0.1) is 0 Å². The number of anilines is 1. The summed E-state index contributed by atoms with van der Waals surface area (Å²) < 4.78 is 0. The van der Waals surface area contributed by atoms with Crippen LogP contribution in [0.5, 0.6) is 0 Å². The van der Waals surface area contributed by atoms with Gasteiger partial charge < -0.3 is 10.2 Å². The molecular formula is C15H20N2O2. The van der Waals surface area contributed by atoms with Crippen molar-refractivity contribution in [3.05, 3.63) is 29.8 Å². The highest BCUT2D eigenvalue weighted by Gasteiger charge is 2.35. The normalized spacial score (nSPS) is 19.1. The van der Waals surface area contributed by atoms with Crippen molar-refractivity contribution in [3.63, 3.8) is 0 Å². The minimum absolute atomic E-state index is 0.0261. The molecule has 0 aliphatic carbocycles. The molecule has 1 aromatic carbocycles.